The molecule has 2 aromatic carbocycles. The van der Waals surface area contributed by atoms with Crippen LogP contribution in [0.15, 0.2) is 54.7 Å². The first-order chi connectivity index (χ1) is 9.63. The molecule has 4 heteroatoms. The number of hydrogen-bond acceptors (Lipinski definition) is 1. The van der Waals surface area contributed by atoms with Crippen LogP contribution in [0.5, 0.6) is 0 Å². The van der Waals surface area contributed by atoms with Crippen molar-refractivity contribution in [3.63, 3.8) is 0 Å². The van der Waals surface area contributed by atoms with Gasteiger partial charge in [-0.1, -0.05) is 36.5 Å². The summed E-state index contributed by atoms with van der Waals surface area (Å²) in [5.41, 5.74) is 8.47. The Kier molecular flexibility index (Phi) is 3.24. The normalized spacial score (nSPS) is 10.8. The van der Waals surface area contributed by atoms with Crippen molar-refractivity contribution in [2.75, 3.05) is 0 Å². The Labute approximate surface area is 121 Å². The molecule has 1 heterocycles. The van der Waals surface area contributed by atoms with Crippen molar-refractivity contribution >= 4 is 28.1 Å². The third kappa shape index (κ3) is 2.42. The average Bonchev–Trinajstić information content (AvgIpc) is 2.81. The topological polar surface area (TPSA) is 30.9 Å². The monoisotopic (exact) mass is 284 g/mol. The molecule has 0 radical (unpaired) electrons. The van der Waals surface area contributed by atoms with Gasteiger partial charge in [0, 0.05) is 23.8 Å². The summed E-state index contributed by atoms with van der Waals surface area (Å²) in [7, 11) is 0. The zero-order valence-electron chi connectivity index (χ0n) is 10.7. The summed E-state index contributed by atoms with van der Waals surface area (Å²) in [6.45, 7) is 0.613. The minimum atomic E-state index is -0.220. The van der Waals surface area contributed by atoms with Crippen molar-refractivity contribution in [2.45, 2.75) is 6.54 Å². The number of rotatable bonds is 3. The minimum Gasteiger partial charge on any atom is -0.389 e. The molecule has 2 N–H and O–H groups in total. The van der Waals surface area contributed by atoms with Crippen LogP contribution >= 0.6 is 12.2 Å². The van der Waals surface area contributed by atoms with E-state index in [1.807, 2.05) is 36.5 Å². The van der Waals surface area contributed by atoms with E-state index in [9.17, 15) is 4.39 Å². The molecule has 0 fully saturated rings. The lowest BCUT2D eigenvalue weighted by atomic mass is 10.1. The number of nitrogens with two attached hydrogens (primary N) is 1. The molecule has 100 valence electrons. The summed E-state index contributed by atoms with van der Waals surface area (Å²) in [6.07, 6.45) is 1.99. The molecule has 0 saturated heterocycles. The van der Waals surface area contributed by atoms with Crippen molar-refractivity contribution in [2.24, 2.45) is 5.73 Å². The first kappa shape index (κ1) is 12.8. The van der Waals surface area contributed by atoms with Crippen molar-refractivity contribution < 1.29 is 4.39 Å². The van der Waals surface area contributed by atoms with E-state index in [0.29, 0.717) is 11.5 Å². The molecule has 3 rings (SSSR count). The lowest BCUT2D eigenvalue weighted by molar-refractivity contribution is 0.624. The predicted octanol–water partition coefficient (Wildman–Crippen LogP) is 3.46. The third-order valence-corrected chi connectivity index (χ3v) is 3.54. The fourth-order valence-corrected chi connectivity index (χ4v) is 2.43. The summed E-state index contributed by atoms with van der Waals surface area (Å²) >= 11 is 5.01. The van der Waals surface area contributed by atoms with Crippen LogP contribution in [0.3, 0.4) is 0 Å². The van der Waals surface area contributed by atoms with Crippen LogP contribution in [0, 0.1) is 5.82 Å². The molecular formula is C16H13FN2S. The molecule has 1 aromatic heterocycles. The van der Waals surface area contributed by atoms with E-state index in [1.165, 1.54) is 6.07 Å². The largest absolute Gasteiger partial charge is 0.389 e. The summed E-state index contributed by atoms with van der Waals surface area (Å²) in [4.78, 5) is 0.380. The Balaban J connectivity index is 2.03. The Hall–Kier alpha value is -2.20. The Bertz CT molecular complexity index is 792. The summed E-state index contributed by atoms with van der Waals surface area (Å²) in [5.74, 6) is -0.220. The minimum absolute atomic E-state index is 0.220. The number of halogens is 1. The van der Waals surface area contributed by atoms with Crippen molar-refractivity contribution in [3.05, 3.63) is 71.7 Å². The van der Waals surface area contributed by atoms with Crippen molar-refractivity contribution in [1.29, 1.82) is 0 Å². The van der Waals surface area contributed by atoms with Gasteiger partial charge in [0.15, 0.2) is 0 Å². The zero-order valence-corrected chi connectivity index (χ0v) is 11.5. The predicted molar refractivity (Wildman–Crippen MR) is 83.3 cm³/mol. The third-order valence-electron chi connectivity index (χ3n) is 3.30. The van der Waals surface area contributed by atoms with Gasteiger partial charge in [-0.25, -0.2) is 4.39 Å². The zero-order chi connectivity index (χ0) is 14.1. The quantitative estimate of drug-likeness (QED) is 0.747. The summed E-state index contributed by atoms with van der Waals surface area (Å²) < 4.78 is 15.3. The number of benzene rings is 2. The average molecular weight is 284 g/mol. The molecule has 0 bridgehead atoms. The van der Waals surface area contributed by atoms with Gasteiger partial charge in [-0.05, 0) is 35.2 Å². The van der Waals surface area contributed by atoms with Gasteiger partial charge in [-0.3, -0.25) is 0 Å². The molecule has 20 heavy (non-hydrogen) atoms. The van der Waals surface area contributed by atoms with Crippen LogP contribution in [0.2, 0.25) is 0 Å². The van der Waals surface area contributed by atoms with Crippen LogP contribution in [0.25, 0.3) is 10.9 Å². The molecule has 0 aliphatic heterocycles. The molecule has 0 aliphatic rings. The number of aromatic nitrogens is 1. The second-order valence-corrected chi connectivity index (χ2v) is 5.15. The standard InChI is InChI=1S/C16H13FN2S/c17-14-3-1-2-11(8-14)10-19-7-6-12-4-5-13(16(18)20)9-15(12)19/h1-9H,10H2,(H2,18,20). The van der Waals surface area contributed by atoms with Gasteiger partial charge < -0.3 is 10.3 Å². The molecule has 3 aromatic rings. The van der Waals surface area contributed by atoms with E-state index < -0.39 is 0 Å². The number of thiocarbonyl (C=S) groups is 1. The second kappa shape index (κ2) is 5.06. The number of nitrogens with zero attached hydrogens (tertiary/aromatic N) is 1. The fourth-order valence-electron chi connectivity index (χ4n) is 2.31. The van der Waals surface area contributed by atoms with Gasteiger partial charge in [0.2, 0.25) is 0 Å². The van der Waals surface area contributed by atoms with E-state index in [2.05, 4.69) is 4.57 Å². The maximum Gasteiger partial charge on any atom is 0.123 e. The highest BCUT2D eigenvalue weighted by Gasteiger charge is 2.05. The van der Waals surface area contributed by atoms with Gasteiger partial charge in [-0.15, -0.1) is 0 Å². The molecule has 0 atom stereocenters. The Morgan fingerprint density at radius 1 is 1.15 bits per heavy atom. The highest BCUT2D eigenvalue weighted by molar-refractivity contribution is 7.80. The van der Waals surface area contributed by atoms with E-state index in [1.54, 1.807) is 12.1 Å². The fraction of sp³-hybridized carbons (Fsp3) is 0.0625. The summed E-state index contributed by atoms with van der Waals surface area (Å²) in [6, 6.07) is 14.5. The van der Waals surface area contributed by atoms with Crippen molar-refractivity contribution in [1.82, 2.24) is 4.57 Å². The molecule has 0 unspecified atom stereocenters. The van der Waals surface area contributed by atoms with E-state index in [4.69, 9.17) is 18.0 Å². The molecule has 0 spiro atoms. The van der Waals surface area contributed by atoms with Crippen LogP contribution in [-0.2, 0) is 6.54 Å². The van der Waals surface area contributed by atoms with E-state index >= 15 is 0 Å². The van der Waals surface area contributed by atoms with Crippen LogP contribution < -0.4 is 5.73 Å². The number of hydrogen-bond donors (Lipinski definition) is 1. The highest BCUT2D eigenvalue weighted by atomic mass is 32.1. The van der Waals surface area contributed by atoms with Crippen molar-refractivity contribution in [3.8, 4) is 0 Å². The van der Waals surface area contributed by atoms with Gasteiger partial charge in [-0.2, -0.15) is 0 Å². The van der Waals surface area contributed by atoms with E-state index in [0.717, 1.165) is 22.0 Å². The number of fused-ring (bicyclic) bond motifs is 1. The van der Waals surface area contributed by atoms with Crippen LogP contribution in [0.1, 0.15) is 11.1 Å². The first-order valence-corrected chi connectivity index (χ1v) is 6.67. The van der Waals surface area contributed by atoms with E-state index in [-0.39, 0.29) is 5.82 Å². The SMILES string of the molecule is NC(=S)c1ccc2ccn(Cc3cccc(F)c3)c2c1. The van der Waals surface area contributed by atoms with Gasteiger partial charge in [0.05, 0.1) is 0 Å². The van der Waals surface area contributed by atoms with Crippen LogP contribution in [0.4, 0.5) is 4.39 Å². The molecule has 2 nitrogen and oxygen atoms in total. The molecule has 0 aliphatic carbocycles. The smallest absolute Gasteiger partial charge is 0.123 e. The Morgan fingerprint density at radius 3 is 2.75 bits per heavy atom. The Morgan fingerprint density at radius 2 is 2.00 bits per heavy atom. The van der Waals surface area contributed by atoms with Gasteiger partial charge >= 0.3 is 0 Å². The van der Waals surface area contributed by atoms with Crippen LogP contribution in [-0.4, -0.2) is 9.56 Å². The first-order valence-electron chi connectivity index (χ1n) is 6.26. The van der Waals surface area contributed by atoms with Gasteiger partial charge in [0.25, 0.3) is 0 Å². The molecular weight excluding hydrogens is 271 g/mol. The second-order valence-electron chi connectivity index (χ2n) is 4.71. The lowest BCUT2D eigenvalue weighted by Gasteiger charge is -2.07. The maximum absolute atomic E-state index is 13.2. The van der Waals surface area contributed by atoms with Gasteiger partial charge in [0.1, 0.15) is 10.8 Å². The highest BCUT2D eigenvalue weighted by Crippen LogP contribution is 2.19. The lowest BCUT2D eigenvalue weighted by Crippen LogP contribution is -2.09. The maximum atomic E-state index is 13.2. The summed E-state index contributed by atoms with van der Waals surface area (Å²) in [5, 5.41) is 1.11. The molecule has 0 saturated carbocycles. The molecule has 0 amide bonds.